The Kier molecular flexibility index (Phi) is 6.51. The van der Waals surface area contributed by atoms with Crippen LogP contribution in [0, 0.1) is 5.92 Å². The summed E-state index contributed by atoms with van der Waals surface area (Å²) in [6.07, 6.45) is 9.10. The van der Waals surface area contributed by atoms with Gasteiger partial charge in [-0.25, -0.2) is 0 Å². The van der Waals surface area contributed by atoms with E-state index in [9.17, 15) is 4.79 Å². The number of nitrogens with zero attached hydrogens (tertiary/aromatic N) is 4. The second kappa shape index (κ2) is 9.05. The van der Waals surface area contributed by atoms with Crippen LogP contribution in [0.2, 0.25) is 0 Å². The Bertz CT molecular complexity index is 770. The molecule has 3 N–H and O–H groups in total. The van der Waals surface area contributed by atoms with Crippen LogP contribution >= 0.6 is 0 Å². The summed E-state index contributed by atoms with van der Waals surface area (Å²) in [5.74, 6) is 0.938. The average Bonchev–Trinajstić information content (AvgIpc) is 3.15. The zero-order valence-electron chi connectivity index (χ0n) is 16.9. The van der Waals surface area contributed by atoms with Gasteiger partial charge in [-0.2, -0.15) is 9.97 Å². The van der Waals surface area contributed by atoms with E-state index in [1.54, 1.807) is 0 Å². The SMILES string of the molecule is CC=CC(=CC(C)CN1CC(=O)Nc2c(N)nc(OC)nc21)CN1CCCC1. The number of methoxy groups -OCH3 is 1. The molecule has 1 unspecified atom stereocenters. The quantitative estimate of drug-likeness (QED) is 0.692. The normalized spacial score (nSPS) is 19.0. The third-order valence-electron chi connectivity index (χ3n) is 4.97. The van der Waals surface area contributed by atoms with Gasteiger partial charge in [-0.15, -0.1) is 0 Å². The molecule has 0 radical (unpaired) electrons. The summed E-state index contributed by atoms with van der Waals surface area (Å²) in [5.41, 5.74) is 7.75. The Labute approximate surface area is 166 Å². The maximum Gasteiger partial charge on any atom is 0.320 e. The number of allylic oxidation sites excluding steroid dienone is 1. The summed E-state index contributed by atoms with van der Waals surface area (Å²) in [5, 5.41) is 2.77. The van der Waals surface area contributed by atoms with Gasteiger partial charge in [0.1, 0.15) is 5.69 Å². The maximum absolute atomic E-state index is 12.2. The lowest BCUT2D eigenvalue weighted by Gasteiger charge is -2.31. The van der Waals surface area contributed by atoms with Crippen molar-refractivity contribution < 1.29 is 9.53 Å². The van der Waals surface area contributed by atoms with Crippen molar-refractivity contribution in [1.29, 1.82) is 0 Å². The van der Waals surface area contributed by atoms with Crippen LogP contribution in [0.25, 0.3) is 0 Å². The number of carbonyl (C=O) groups is 1. The minimum absolute atomic E-state index is 0.116. The molecule has 1 aromatic rings. The fraction of sp³-hybridized carbons (Fsp3) is 0.550. The van der Waals surface area contributed by atoms with Crippen molar-refractivity contribution in [1.82, 2.24) is 14.9 Å². The van der Waals surface area contributed by atoms with Gasteiger partial charge in [-0.05, 0) is 44.3 Å². The lowest BCUT2D eigenvalue weighted by Crippen LogP contribution is -2.41. The fourth-order valence-electron chi connectivity index (χ4n) is 3.80. The van der Waals surface area contributed by atoms with E-state index in [0.717, 1.165) is 6.54 Å². The first-order valence-corrected chi connectivity index (χ1v) is 9.82. The molecule has 1 aromatic heterocycles. The molecule has 3 rings (SSSR count). The first-order chi connectivity index (χ1) is 13.5. The van der Waals surface area contributed by atoms with Crippen LogP contribution in [0.5, 0.6) is 6.01 Å². The standard InChI is InChI=1S/C20H30N6O2/c1-4-7-15(12-25-8-5-6-9-25)10-14(2)11-26-13-16(27)22-17-18(21)23-20(28-3)24-19(17)26/h4,7,10,14H,5-6,8-9,11-13H2,1-3H3,(H,22,27)(H2,21,23,24). The van der Waals surface area contributed by atoms with Crippen molar-refractivity contribution in [2.45, 2.75) is 26.7 Å². The summed E-state index contributed by atoms with van der Waals surface area (Å²) in [4.78, 5) is 25.1. The van der Waals surface area contributed by atoms with Crippen molar-refractivity contribution in [2.24, 2.45) is 5.92 Å². The van der Waals surface area contributed by atoms with E-state index < -0.39 is 0 Å². The third-order valence-corrected chi connectivity index (χ3v) is 4.97. The highest BCUT2D eigenvalue weighted by Crippen LogP contribution is 2.33. The molecule has 1 saturated heterocycles. The number of nitrogen functional groups attached to an aromatic ring is 1. The number of nitrogens with one attached hydrogen (secondary N) is 1. The van der Waals surface area contributed by atoms with Gasteiger partial charge in [0.25, 0.3) is 0 Å². The highest BCUT2D eigenvalue weighted by atomic mass is 16.5. The predicted molar refractivity (Wildman–Crippen MR) is 112 cm³/mol. The van der Waals surface area contributed by atoms with Gasteiger partial charge in [0.2, 0.25) is 5.91 Å². The van der Waals surface area contributed by atoms with Crippen LogP contribution in [0.3, 0.4) is 0 Å². The first-order valence-electron chi connectivity index (χ1n) is 9.82. The van der Waals surface area contributed by atoms with E-state index >= 15 is 0 Å². The molecule has 8 heteroatoms. The van der Waals surface area contributed by atoms with Crippen LogP contribution < -0.4 is 20.7 Å². The van der Waals surface area contributed by atoms with Gasteiger partial charge in [0.05, 0.1) is 13.7 Å². The van der Waals surface area contributed by atoms with E-state index in [-0.39, 0.29) is 30.2 Å². The van der Waals surface area contributed by atoms with Gasteiger partial charge >= 0.3 is 6.01 Å². The zero-order chi connectivity index (χ0) is 20.1. The van der Waals surface area contributed by atoms with Crippen LogP contribution in [0.15, 0.2) is 23.8 Å². The minimum atomic E-state index is -0.116. The molecule has 0 aromatic carbocycles. The molecule has 0 saturated carbocycles. The molecule has 2 aliphatic rings. The van der Waals surface area contributed by atoms with E-state index in [1.807, 2.05) is 11.8 Å². The highest BCUT2D eigenvalue weighted by Gasteiger charge is 2.28. The highest BCUT2D eigenvalue weighted by molar-refractivity contribution is 6.03. The van der Waals surface area contributed by atoms with Crippen LogP contribution in [-0.2, 0) is 4.79 Å². The van der Waals surface area contributed by atoms with Gasteiger partial charge in [0, 0.05) is 13.1 Å². The van der Waals surface area contributed by atoms with E-state index in [0.29, 0.717) is 18.1 Å². The number of hydrogen-bond acceptors (Lipinski definition) is 7. The molecule has 8 nitrogen and oxygen atoms in total. The van der Waals surface area contributed by atoms with E-state index in [2.05, 4.69) is 45.3 Å². The molecule has 28 heavy (non-hydrogen) atoms. The third kappa shape index (κ3) is 4.81. The van der Waals surface area contributed by atoms with E-state index in [1.165, 1.54) is 38.6 Å². The second-order valence-corrected chi connectivity index (χ2v) is 7.42. The molecule has 0 bridgehead atoms. The number of carbonyl (C=O) groups excluding carboxylic acids is 1. The number of nitrogens with two attached hydrogens (primary N) is 1. The molecule has 152 valence electrons. The molecular weight excluding hydrogens is 356 g/mol. The van der Waals surface area contributed by atoms with Gasteiger partial charge < -0.3 is 20.7 Å². The summed E-state index contributed by atoms with van der Waals surface area (Å²) < 4.78 is 5.14. The average molecular weight is 387 g/mol. The molecule has 0 spiro atoms. The Morgan fingerprint density at radius 3 is 2.79 bits per heavy atom. The molecular formula is C20H30N6O2. The maximum atomic E-state index is 12.2. The van der Waals surface area contributed by atoms with Crippen LogP contribution in [-0.4, -0.2) is 60.6 Å². The van der Waals surface area contributed by atoms with Crippen molar-refractivity contribution in [3.8, 4) is 6.01 Å². The number of hydrogen-bond donors (Lipinski definition) is 2. The Balaban J connectivity index is 1.78. The van der Waals surface area contributed by atoms with E-state index in [4.69, 9.17) is 10.5 Å². The second-order valence-electron chi connectivity index (χ2n) is 7.42. The summed E-state index contributed by atoms with van der Waals surface area (Å²) in [7, 11) is 1.50. The molecule has 0 aliphatic carbocycles. The molecule has 1 fully saturated rings. The summed E-state index contributed by atoms with van der Waals surface area (Å²) in [6, 6.07) is 0.198. The largest absolute Gasteiger partial charge is 0.467 e. The number of amides is 1. The van der Waals surface area contributed by atoms with Gasteiger partial charge in [0.15, 0.2) is 11.6 Å². The Morgan fingerprint density at radius 2 is 2.11 bits per heavy atom. The topological polar surface area (TPSA) is 96.6 Å². The van der Waals surface area contributed by atoms with Crippen molar-refractivity contribution in [3.05, 3.63) is 23.8 Å². The summed E-state index contributed by atoms with van der Waals surface area (Å²) in [6.45, 7) is 8.38. The van der Waals surface area contributed by atoms with Crippen molar-refractivity contribution in [3.63, 3.8) is 0 Å². The lowest BCUT2D eigenvalue weighted by atomic mass is 10.1. The Morgan fingerprint density at radius 1 is 1.36 bits per heavy atom. The minimum Gasteiger partial charge on any atom is -0.467 e. The fourth-order valence-corrected chi connectivity index (χ4v) is 3.80. The first kappa shape index (κ1) is 20.1. The van der Waals surface area contributed by atoms with Gasteiger partial charge in [-0.3, -0.25) is 9.69 Å². The predicted octanol–water partition coefficient (Wildman–Crippen LogP) is 2.06. The molecule has 3 heterocycles. The van der Waals surface area contributed by atoms with Crippen LogP contribution in [0.4, 0.5) is 17.3 Å². The molecule has 1 amide bonds. The molecule has 1 atom stereocenters. The number of anilines is 3. The number of likely N-dealkylation sites (tertiary alicyclic amines) is 1. The number of fused-ring (bicyclic) bond motifs is 1. The van der Waals surface area contributed by atoms with Gasteiger partial charge in [-0.1, -0.05) is 25.2 Å². The van der Waals surface area contributed by atoms with Crippen molar-refractivity contribution in [2.75, 3.05) is 55.8 Å². The Hall–Kier alpha value is -2.61. The van der Waals surface area contributed by atoms with Crippen LogP contribution in [0.1, 0.15) is 26.7 Å². The zero-order valence-corrected chi connectivity index (χ0v) is 16.9. The number of rotatable bonds is 7. The molecule has 2 aliphatic heterocycles. The summed E-state index contributed by atoms with van der Waals surface area (Å²) >= 11 is 0. The lowest BCUT2D eigenvalue weighted by molar-refractivity contribution is -0.115. The monoisotopic (exact) mass is 386 g/mol. The number of aromatic nitrogens is 2. The number of ether oxygens (including phenoxy) is 1. The smallest absolute Gasteiger partial charge is 0.320 e. The van der Waals surface area contributed by atoms with Crippen molar-refractivity contribution >= 4 is 23.2 Å².